The number of para-hydroxylation sites is 1. The molecule has 32 heavy (non-hydrogen) atoms. The van der Waals surface area contributed by atoms with Gasteiger partial charge in [0.25, 0.3) is 11.2 Å². The maximum Gasteiger partial charge on any atom is 0.297 e. The maximum atomic E-state index is 13.0. The van der Waals surface area contributed by atoms with Crippen LogP contribution < -0.4 is 5.56 Å². The zero-order chi connectivity index (χ0) is 23.0. The standard InChI is InChI=1S/C24H22N4O4/c1-15-12-20(21(28(30)31)13-16(15)2)22-11-10-19(32-22)14-25-23-17(3)26(4)27(24(23)29)18-8-6-5-7-9-18/h5-14H,1-4H3. The normalized spacial score (nSPS) is 11.4. The SMILES string of the molecule is Cc1cc(-c2ccc(C=Nc3c(C)n(C)n(-c4ccccc4)c3=O)o2)c([N+](=O)[O-])cc1C. The lowest BCUT2D eigenvalue weighted by molar-refractivity contribution is -0.384. The minimum Gasteiger partial charge on any atom is -0.455 e. The number of hydrogen-bond acceptors (Lipinski definition) is 5. The summed E-state index contributed by atoms with van der Waals surface area (Å²) >= 11 is 0. The van der Waals surface area contributed by atoms with Gasteiger partial charge < -0.3 is 4.42 Å². The van der Waals surface area contributed by atoms with Crippen LogP contribution in [0.3, 0.4) is 0 Å². The Kier molecular flexibility index (Phi) is 5.36. The fraction of sp³-hybridized carbons (Fsp3) is 0.167. The van der Waals surface area contributed by atoms with E-state index >= 15 is 0 Å². The third-order valence-corrected chi connectivity index (χ3v) is 5.55. The molecule has 4 rings (SSSR count). The van der Waals surface area contributed by atoms with E-state index in [0.29, 0.717) is 28.5 Å². The van der Waals surface area contributed by atoms with Crippen molar-refractivity contribution in [3.63, 3.8) is 0 Å². The van der Waals surface area contributed by atoms with Crippen LogP contribution in [0.5, 0.6) is 0 Å². The van der Waals surface area contributed by atoms with E-state index in [9.17, 15) is 14.9 Å². The molecule has 8 nitrogen and oxygen atoms in total. The summed E-state index contributed by atoms with van der Waals surface area (Å²) in [5, 5.41) is 11.5. The Morgan fingerprint density at radius 1 is 1.03 bits per heavy atom. The van der Waals surface area contributed by atoms with Crippen molar-refractivity contribution in [2.75, 3.05) is 0 Å². The molecule has 0 aliphatic heterocycles. The monoisotopic (exact) mass is 430 g/mol. The number of nitro benzene ring substituents is 1. The van der Waals surface area contributed by atoms with Crippen LogP contribution in [0.2, 0.25) is 0 Å². The van der Waals surface area contributed by atoms with E-state index in [1.807, 2.05) is 51.1 Å². The van der Waals surface area contributed by atoms with Gasteiger partial charge in [0, 0.05) is 13.1 Å². The number of nitrogens with zero attached hydrogens (tertiary/aromatic N) is 4. The number of aliphatic imine (C=N–C) groups is 1. The first kappa shape index (κ1) is 21.0. The van der Waals surface area contributed by atoms with Gasteiger partial charge in [0.05, 0.1) is 28.1 Å². The first-order chi connectivity index (χ1) is 15.3. The molecular formula is C24H22N4O4. The van der Waals surface area contributed by atoms with Crippen molar-refractivity contribution in [3.05, 3.63) is 97.6 Å². The highest BCUT2D eigenvalue weighted by molar-refractivity contribution is 5.81. The van der Waals surface area contributed by atoms with Crippen molar-refractivity contribution in [1.82, 2.24) is 9.36 Å². The van der Waals surface area contributed by atoms with E-state index in [4.69, 9.17) is 4.42 Å². The van der Waals surface area contributed by atoms with Gasteiger partial charge in [-0.05, 0) is 62.2 Å². The smallest absolute Gasteiger partial charge is 0.297 e. The molecule has 0 spiro atoms. The summed E-state index contributed by atoms with van der Waals surface area (Å²) in [5.74, 6) is 0.758. The molecular weight excluding hydrogens is 408 g/mol. The molecule has 0 atom stereocenters. The summed E-state index contributed by atoms with van der Waals surface area (Å²) in [6, 6.07) is 15.9. The molecule has 8 heteroatoms. The molecule has 0 radical (unpaired) electrons. The van der Waals surface area contributed by atoms with Crippen LogP contribution in [0, 0.1) is 30.9 Å². The molecule has 0 aliphatic carbocycles. The molecule has 0 saturated carbocycles. The Morgan fingerprint density at radius 2 is 1.72 bits per heavy atom. The Hall–Kier alpha value is -4.20. The van der Waals surface area contributed by atoms with Crippen molar-refractivity contribution in [3.8, 4) is 17.0 Å². The topological polar surface area (TPSA) is 95.6 Å². The quantitative estimate of drug-likeness (QED) is 0.252. The van der Waals surface area contributed by atoms with Crippen LogP contribution in [-0.2, 0) is 7.05 Å². The summed E-state index contributed by atoms with van der Waals surface area (Å²) < 4.78 is 9.11. The number of aromatic nitrogens is 2. The highest BCUT2D eigenvalue weighted by atomic mass is 16.6. The molecule has 2 aromatic carbocycles. The van der Waals surface area contributed by atoms with E-state index < -0.39 is 4.92 Å². The highest BCUT2D eigenvalue weighted by Gasteiger charge is 2.20. The van der Waals surface area contributed by atoms with Gasteiger partial charge in [-0.2, -0.15) is 0 Å². The third kappa shape index (κ3) is 3.66. The summed E-state index contributed by atoms with van der Waals surface area (Å²) in [6.45, 7) is 5.54. The summed E-state index contributed by atoms with van der Waals surface area (Å²) in [4.78, 5) is 28.4. The van der Waals surface area contributed by atoms with E-state index in [0.717, 1.165) is 16.8 Å². The van der Waals surface area contributed by atoms with Crippen molar-refractivity contribution in [2.24, 2.45) is 12.0 Å². The van der Waals surface area contributed by atoms with E-state index in [2.05, 4.69) is 4.99 Å². The number of rotatable bonds is 5. The molecule has 0 amide bonds. The Morgan fingerprint density at radius 3 is 2.41 bits per heavy atom. The van der Waals surface area contributed by atoms with Gasteiger partial charge in [-0.1, -0.05) is 18.2 Å². The lowest BCUT2D eigenvalue weighted by atomic mass is 10.0. The molecule has 0 fully saturated rings. The van der Waals surface area contributed by atoms with Gasteiger partial charge in [-0.15, -0.1) is 0 Å². The number of aryl methyl sites for hydroxylation is 2. The molecule has 2 heterocycles. The molecule has 2 aromatic heterocycles. The first-order valence-electron chi connectivity index (χ1n) is 10.0. The summed E-state index contributed by atoms with van der Waals surface area (Å²) in [5.41, 5.74) is 3.64. The third-order valence-electron chi connectivity index (χ3n) is 5.55. The van der Waals surface area contributed by atoms with E-state index in [1.165, 1.54) is 6.21 Å². The van der Waals surface area contributed by atoms with Crippen molar-refractivity contribution >= 4 is 17.6 Å². The van der Waals surface area contributed by atoms with Crippen molar-refractivity contribution in [2.45, 2.75) is 20.8 Å². The van der Waals surface area contributed by atoms with Crippen molar-refractivity contribution in [1.29, 1.82) is 0 Å². The Balaban J connectivity index is 1.70. The highest BCUT2D eigenvalue weighted by Crippen LogP contribution is 2.33. The number of hydrogen-bond donors (Lipinski definition) is 0. The number of nitro groups is 1. The molecule has 0 aliphatic rings. The van der Waals surface area contributed by atoms with Gasteiger partial charge in [-0.3, -0.25) is 19.6 Å². The molecule has 0 saturated heterocycles. The van der Waals surface area contributed by atoms with Gasteiger partial charge in [-0.25, -0.2) is 9.67 Å². The van der Waals surface area contributed by atoms with Crippen LogP contribution in [0.1, 0.15) is 22.6 Å². The van der Waals surface area contributed by atoms with Crippen LogP contribution in [0.25, 0.3) is 17.0 Å². The second-order valence-corrected chi connectivity index (χ2v) is 7.58. The minimum atomic E-state index is -0.419. The van der Waals surface area contributed by atoms with Crippen LogP contribution in [0.4, 0.5) is 11.4 Å². The lowest BCUT2D eigenvalue weighted by Gasteiger charge is -2.07. The van der Waals surface area contributed by atoms with Crippen LogP contribution in [0.15, 0.2) is 68.8 Å². The Labute approximate surface area is 184 Å². The number of benzene rings is 2. The van der Waals surface area contributed by atoms with Crippen molar-refractivity contribution < 1.29 is 9.34 Å². The fourth-order valence-corrected chi connectivity index (χ4v) is 3.55. The van der Waals surface area contributed by atoms with Gasteiger partial charge in [0.2, 0.25) is 0 Å². The maximum absolute atomic E-state index is 13.0. The van der Waals surface area contributed by atoms with E-state index in [1.54, 1.807) is 40.7 Å². The Bertz CT molecular complexity index is 1410. The van der Waals surface area contributed by atoms with E-state index in [-0.39, 0.29) is 11.2 Å². The van der Waals surface area contributed by atoms with Gasteiger partial charge in [0.15, 0.2) is 5.69 Å². The first-order valence-corrected chi connectivity index (χ1v) is 10.0. The minimum absolute atomic E-state index is 0.0180. The summed E-state index contributed by atoms with van der Waals surface area (Å²) in [7, 11) is 1.80. The lowest BCUT2D eigenvalue weighted by Crippen LogP contribution is -2.19. The van der Waals surface area contributed by atoms with Crippen LogP contribution in [-0.4, -0.2) is 20.5 Å². The largest absolute Gasteiger partial charge is 0.455 e. The second-order valence-electron chi connectivity index (χ2n) is 7.58. The summed E-state index contributed by atoms with van der Waals surface area (Å²) in [6.07, 6.45) is 1.45. The molecule has 0 bridgehead atoms. The van der Waals surface area contributed by atoms with Gasteiger partial charge >= 0.3 is 0 Å². The molecule has 4 aromatic rings. The predicted molar refractivity (Wildman–Crippen MR) is 123 cm³/mol. The van der Waals surface area contributed by atoms with Crippen LogP contribution >= 0.6 is 0 Å². The average molecular weight is 430 g/mol. The zero-order valence-electron chi connectivity index (χ0n) is 18.2. The second kappa shape index (κ2) is 8.14. The molecule has 0 unspecified atom stereocenters. The zero-order valence-corrected chi connectivity index (χ0v) is 18.2. The predicted octanol–water partition coefficient (Wildman–Crippen LogP) is 5.02. The van der Waals surface area contributed by atoms with Gasteiger partial charge in [0.1, 0.15) is 11.5 Å². The molecule has 0 N–H and O–H groups in total. The number of furan rings is 1. The molecule has 162 valence electrons. The average Bonchev–Trinajstić information content (AvgIpc) is 3.32. The fourth-order valence-electron chi connectivity index (χ4n) is 3.55.